The molecule has 0 saturated carbocycles. The molecule has 1 aromatic rings. The standard InChI is InChI=1S/C11H14N2O3/c1-7(14)8-3-4-10(9(12)5-8)16-6-11(15)13-2/h3-5H,6,12H2,1-2H3,(H,13,15). The number of carbonyl (C=O) groups is 2. The minimum absolute atomic E-state index is 0.0652. The van der Waals surface area contributed by atoms with Gasteiger partial charge in [-0.25, -0.2) is 0 Å². The topological polar surface area (TPSA) is 81.4 Å². The summed E-state index contributed by atoms with van der Waals surface area (Å²) in [7, 11) is 1.52. The van der Waals surface area contributed by atoms with Crippen LogP contribution < -0.4 is 15.8 Å². The van der Waals surface area contributed by atoms with Crippen LogP contribution in [0.1, 0.15) is 17.3 Å². The third-order valence-corrected chi connectivity index (χ3v) is 2.05. The number of anilines is 1. The zero-order valence-electron chi connectivity index (χ0n) is 9.24. The summed E-state index contributed by atoms with van der Waals surface area (Å²) in [6, 6.07) is 4.72. The molecule has 0 saturated heterocycles. The van der Waals surface area contributed by atoms with E-state index >= 15 is 0 Å². The average Bonchev–Trinajstić information content (AvgIpc) is 2.26. The molecule has 1 amide bonds. The van der Waals surface area contributed by atoms with Crippen LogP contribution >= 0.6 is 0 Å². The van der Waals surface area contributed by atoms with Gasteiger partial charge in [0.2, 0.25) is 0 Å². The molecule has 16 heavy (non-hydrogen) atoms. The fraction of sp³-hybridized carbons (Fsp3) is 0.273. The van der Waals surface area contributed by atoms with Crippen LogP contribution in [-0.4, -0.2) is 25.3 Å². The number of hydrogen-bond acceptors (Lipinski definition) is 4. The molecule has 0 aliphatic heterocycles. The number of ether oxygens (including phenoxy) is 1. The highest BCUT2D eigenvalue weighted by molar-refractivity contribution is 5.95. The molecule has 0 aromatic heterocycles. The maximum atomic E-state index is 11.1. The number of nitrogens with two attached hydrogens (primary N) is 1. The van der Waals surface area contributed by atoms with Crippen molar-refractivity contribution in [2.45, 2.75) is 6.92 Å². The van der Waals surface area contributed by atoms with Crippen LogP contribution in [0.4, 0.5) is 5.69 Å². The van der Waals surface area contributed by atoms with Crippen molar-refractivity contribution in [2.24, 2.45) is 0 Å². The van der Waals surface area contributed by atoms with Gasteiger partial charge in [0.05, 0.1) is 5.69 Å². The molecule has 1 aromatic carbocycles. The minimum Gasteiger partial charge on any atom is -0.482 e. The Morgan fingerprint density at radius 3 is 2.62 bits per heavy atom. The van der Waals surface area contributed by atoms with Gasteiger partial charge in [-0.15, -0.1) is 0 Å². The highest BCUT2D eigenvalue weighted by atomic mass is 16.5. The van der Waals surface area contributed by atoms with Crippen molar-refractivity contribution in [3.05, 3.63) is 23.8 Å². The molecule has 86 valence electrons. The Morgan fingerprint density at radius 1 is 1.44 bits per heavy atom. The van der Waals surface area contributed by atoms with Crippen molar-refractivity contribution in [3.63, 3.8) is 0 Å². The van der Waals surface area contributed by atoms with Gasteiger partial charge in [-0.05, 0) is 25.1 Å². The fourth-order valence-corrected chi connectivity index (χ4v) is 1.11. The van der Waals surface area contributed by atoms with E-state index in [1.165, 1.54) is 20.0 Å². The van der Waals surface area contributed by atoms with Crippen LogP contribution in [0.25, 0.3) is 0 Å². The first-order valence-corrected chi connectivity index (χ1v) is 4.78. The van der Waals surface area contributed by atoms with Gasteiger partial charge in [-0.2, -0.15) is 0 Å². The van der Waals surface area contributed by atoms with E-state index in [0.29, 0.717) is 17.0 Å². The van der Waals surface area contributed by atoms with Crippen molar-refractivity contribution >= 4 is 17.4 Å². The Balaban J connectivity index is 2.75. The number of nitrogens with one attached hydrogen (secondary N) is 1. The van der Waals surface area contributed by atoms with Crippen molar-refractivity contribution in [2.75, 3.05) is 19.4 Å². The van der Waals surface area contributed by atoms with Crippen LogP contribution in [-0.2, 0) is 4.79 Å². The van der Waals surface area contributed by atoms with E-state index in [9.17, 15) is 9.59 Å². The highest BCUT2D eigenvalue weighted by Crippen LogP contribution is 2.22. The summed E-state index contributed by atoms with van der Waals surface area (Å²) < 4.78 is 5.18. The zero-order chi connectivity index (χ0) is 12.1. The van der Waals surface area contributed by atoms with Gasteiger partial charge >= 0.3 is 0 Å². The quantitative estimate of drug-likeness (QED) is 0.577. The molecule has 0 spiro atoms. The lowest BCUT2D eigenvalue weighted by atomic mass is 10.1. The molecular weight excluding hydrogens is 208 g/mol. The lowest BCUT2D eigenvalue weighted by molar-refractivity contribution is -0.122. The third-order valence-electron chi connectivity index (χ3n) is 2.05. The number of carbonyl (C=O) groups excluding carboxylic acids is 2. The molecular formula is C11H14N2O3. The summed E-state index contributed by atoms with van der Waals surface area (Å²) in [6.07, 6.45) is 0. The molecule has 0 aliphatic carbocycles. The molecule has 0 fully saturated rings. The molecule has 0 heterocycles. The van der Waals surface area contributed by atoms with E-state index < -0.39 is 0 Å². The van der Waals surface area contributed by atoms with Crippen molar-refractivity contribution in [1.29, 1.82) is 0 Å². The van der Waals surface area contributed by atoms with Crippen LogP contribution in [0.3, 0.4) is 0 Å². The fourth-order valence-electron chi connectivity index (χ4n) is 1.11. The molecule has 0 bridgehead atoms. The van der Waals surface area contributed by atoms with Gasteiger partial charge in [0.15, 0.2) is 12.4 Å². The zero-order valence-corrected chi connectivity index (χ0v) is 9.24. The number of likely N-dealkylation sites (N-methyl/N-ethyl adjacent to an activating group) is 1. The molecule has 0 unspecified atom stereocenters. The van der Waals surface area contributed by atoms with E-state index in [0.717, 1.165) is 0 Å². The molecule has 0 atom stereocenters. The van der Waals surface area contributed by atoms with E-state index in [1.807, 2.05) is 0 Å². The Labute approximate surface area is 93.6 Å². The number of hydrogen-bond donors (Lipinski definition) is 2. The summed E-state index contributed by atoms with van der Waals surface area (Å²) >= 11 is 0. The van der Waals surface area contributed by atoms with E-state index in [2.05, 4.69) is 5.32 Å². The summed E-state index contributed by atoms with van der Waals surface area (Å²) in [4.78, 5) is 22.0. The van der Waals surface area contributed by atoms with Crippen LogP contribution in [0.5, 0.6) is 5.75 Å². The average molecular weight is 222 g/mol. The number of amides is 1. The largest absolute Gasteiger partial charge is 0.482 e. The molecule has 3 N–H and O–H groups in total. The predicted molar refractivity (Wildman–Crippen MR) is 60.4 cm³/mol. The van der Waals surface area contributed by atoms with Gasteiger partial charge in [0.1, 0.15) is 5.75 Å². The number of rotatable bonds is 4. The van der Waals surface area contributed by atoms with E-state index in [1.54, 1.807) is 12.1 Å². The Bertz CT molecular complexity index is 416. The monoisotopic (exact) mass is 222 g/mol. The normalized spacial score (nSPS) is 9.62. The lowest BCUT2D eigenvalue weighted by Gasteiger charge is -2.08. The number of Topliss-reactive ketones (excluding diaryl/α,β-unsaturated/α-hetero) is 1. The predicted octanol–water partition coefficient (Wildman–Crippen LogP) is 0.596. The highest BCUT2D eigenvalue weighted by Gasteiger charge is 2.06. The second-order valence-electron chi connectivity index (χ2n) is 3.27. The van der Waals surface area contributed by atoms with Gasteiger partial charge in [-0.1, -0.05) is 0 Å². The number of benzene rings is 1. The maximum absolute atomic E-state index is 11.1. The van der Waals surface area contributed by atoms with E-state index in [-0.39, 0.29) is 18.3 Å². The van der Waals surface area contributed by atoms with Crippen molar-refractivity contribution in [3.8, 4) is 5.75 Å². The van der Waals surface area contributed by atoms with Gasteiger partial charge in [0.25, 0.3) is 5.91 Å². The van der Waals surface area contributed by atoms with Gasteiger partial charge in [0, 0.05) is 12.6 Å². The number of nitrogen functional groups attached to an aromatic ring is 1. The second-order valence-corrected chi connectivity index (χ2v) is 3.27. The lowest BCUT2D eigenvalue weighted by Crippen LogP contribution is -2.25. The minimum atomic E-state index is -0.241. The van der Waals surface area contributed by atoms with Crippen LogP contribution in [0.2, 0.25) is 0 Å². The number of ketones is 1. The molecule has 0 radical (unpaired) electrons. The third kappa shape index (κ3) is 2.98. The van der Waals surface area contributed by atoms with Crippen molar-refractivity contribution in [1.82, 2.24) is 5.32 Å². The first-order chi connectivity index (χ1) is 7.54. The molecule has 1 rings (SSSR count). The Morgan fingerprint density at radius 2 is 2.12 bits per heavy atom. The first-order valence-electron chi connectivity index (χ1n) is 4.78. The summed E-state index contributed by atoms with van der Waals surface area (Å²) in [5, 5.41) is 2.43. The SMILES string of the molecule is CNC(=O)COc1ccc(C(C)=O)cc1N. The van der Waals surface area contributed by atoms with Gasteiger partial charge < -0.3 is 15.8 Å². The summed E-state index contributed by atoms with van der Waals surface area (Å²) in [5.74, 6) is 0.0909. The van der Waals surface area contributed by atoms with Crippen molar-refractivity contribution < 1.29 is 14.3 Å². The summed E-state index contributed by atoms with van der Waals surface area (Å²) in [5.41, 5.74) is 6.54. The van der Waals surface area contributed by atoms with E-state index in [4.69, 9.17) is 10.5 Å². The Kier molecular flexibility index (Phi) is 3.88. The van der Waals surface area contributed by atoms with Crippen LogP contribution in [0.15, 0.2) is 18.2 Å². The smallest absolute Gasteiger partial charge is 0.257 e. The van der Waals surface area contributed by atoms with Gasteiger partial charge in [-0.3, -0.25) is 9.59 Å². The maximum Gasteiger partial charge on any atom is 0.257 e. The first kappa shape index (κ1) is 12.0. The second kappa shape index (κ2) is 5.16. The molecule has 5 heteroatoms. The molecule has 0 aliphatic rings. The Hall–Kier alpha value is -2.04. The summed E-state index contributed by atoms with van der Waals surface area (Å²) in [6.45, 7) is 1.36. The molecule has 5 nitrogen and oxygen atoms in total. The van der Waals surface area contributed by atoms with Crippen LogP contribution in [0, 0.1) is 0 Å².